The van der Waals surface area contributed by atoms with Crippen LogP contribution in [0.3, 0.4) is 0 Å². The Morgan fingerprint density at radius 2 is 2.00 bits per heavy atom. The zero-order chi connectivity index (χ0) is 11.3. The highest BCUT2D eigenvalue weighted by atomic mass is 15.1. The molecule has 2 nitrogen and oxygen atoms in total. The van der Waals surface area contributed by atoms with Gasteiger partial charge in [0, 0.05) is 18.8 Å². The van der Waals surface area contributed by atoms with Crippen molar-refractivity contribution in [1.82, 2.24) is 0 Å². The van der Waals surface area contributed by atoms with Gasteiger partial charge in [-0.25, -0.2) is 0 Å². The van der Waals surface area contributed by atoms with Crippen molar-refractivity contribution in [2.45, 2.75) is 27.2 Å². The highest BCUT2D eigenvalue weighted by Crippen LogP contribution is 2.18. The van der Waals surface area contributed by atoms with E-state index in [2.05, 4.69) is 49.9 Å². The fraction of sp³-hybridized carbons (Fsp3) is 0.462. The second-order valence-electron chi connectivity index (χ2n) is 3.76. The summed E-state index contributed by atoms with van der Waals surface area (Å²) in [5.74, 6) is 0. The third-order valence-electron chi connectivity index (χ3n) is 2.73. The van der Waals surface area contributed by atoms with E-state index in [0.29, 0.717) is 6.42 Å². The van der Waals surface area contributed by atoms with Crippen LogP contribution in [0.4, 0.5) is 5.69 Å². The summed E-state index contributed by atoms with van der Waals surface area (Å²) >= 11 is 0. The standard InChI is InChI=1S/C13H18N2/c1-4-15(9-5-8-14)13-7-6-11(2)12(3)10-13/h6-7,10H,4-5,9H2,1-3H3. The Bertz CT molecular complexity index is 363. The van der Waals surface area contributed by atoms with Crippen LogP contribution in [0.1, 0.15) is 24.5 Å². The third-order valence-corrected chi connectivity index (χ3v) is 2.73. The zero-order valence-corrected chi connectivity index (χ0v) is 9.75. The fourth-order valence-electron chi connectivity index (χ4n) is 1.58. The SMILES string of the molecule is CCN(CCC#N)c1ccc(C)c(C)c1. The molecule has 0 saturated carbocycles. The van der Waals surface area contributed by atoms with E-state index in [1.165, 1.54) is 16.8 Å². The maximum Gasteiger partial charge on any atom is 0.0640 e. The van der Waals surface area contributed by atoms with Crippen molar-refractivity contribution in [3.05, 3.63) is 29.3 Å². The molecule has 1 rings (SSSR count). The molecule has 1 aromatic carbocycles. The Balaban J connectivity index is 2.83. The maximum absolute atomic E-state index is 8.58. The summed E-state index contributed by atoms with van der Waals surface area (Å²) < 4.78 is 0. The molecule has 0 unspecified atom stereocenters. The van der Waals surface area contributed by atoms with Crippen molar-refractivity contribution in [2.24, 2.45) is 0 Å². The van der Waals surface area contributed by atoms with E-state index in [1.807, 2.05) is 0 Å². The predicted octanol–water partition coefficient (Wildman–Crippen LogP) is 3.04. The van der Waals surface area contributed by atoms with Crippen LogP contribution < -0.4 is 4.90 Å². The van der Waals surface area contributed by atoms with Gasteiger partial charge < -0.3 is 4.90 Å². The number of benzene rings is 1. The lowest BCUT2D eigenvalue weighted by Gasteiger charge is -2.22. The normalized spacial score (nSPS) is 9.73. The zero-order valence-electron chi connectivity index (χ0n) is 9.75. The van der Waals surface area contributed by atoms with Gasteiger partial charge in [0.2, 0.25) is 0 Å². The molecule has 0 saturated heterocycles. The van der Waals surface area contributed by atoms with E-state index in [1.54, 1.807) is 0 Å². The van der Waals surface area contributed by atoms with Gasteiger partial charge >= 0.3 is 0 Å². The van der Waals surface area contributed by atoms with Gasteiger partial charge in [-0.15, -0.1) is 0 Å². The second-order valence-corrected chi connectivity index (χ2v) is 3.76. The lowest BCUT2D eigenvalue weighted by Crippen LogP contribution is -2.23. The van der Waals surface area contributed by atoms with Gasteiger partial charge in [0.1, 0.15) is 0 Å². The summed E-state index contributed by atoms with van der Waals surface area (Å²) in [4.78, 5) is 2.23. The number of nitriles is 1. The monoisotopic (exact) mass is 202 g/mol. The average molecular weight is 202 g/mol. The van der Waals surface area contributed by atoms with Crippen molar-refractivity contribution < 1.29 is 0 Å². The van der Waals surface area contributed by atoms with E-state index >= 15 is 0 Å². The van der Waals surface area contributed by atoms with E-state index < -0.39 is 0 Å². The van der Waals surface area contributed by atoms with Crippen molar-refractivity contribution in [2.75, 3.05) is 18.0 Å². The molecule has 1 aromatic rings. The molecule has 0 heterocycles. The molecule has 15 heavy (non-hydrogen) atoms. The smallest absolute Gasteiger partial charge is 0.0640 e. The molecule has 0 aliphatic heterocycles. The Kier molecular flexibility index (Phi) is 4.17. The van der Waals surface area contributed by atoms with Gasteiger partial charge in [-0.3, -0.25) is 0 Å². The Labute approximate surface area is 92.1 Å². The summed E-state index contributed by atoms with van der Waals surface area (Å²) in [6.07, 6.45) is 0.584. The summed E-state index contributed by atoms with van der Waals surface area (Å²) in [7, 11) is 0. The maximum atomic E-state index is 8.58. The minimum atomic E-state index is 0.584. The van der Waals surface area contributed by atoms with Crippen molar-refractivity contribution in [3.8, 4) is 6.07 Å². The molecule has 0 spiro atoms. The first kappa shape index (κ1) is 11.6. The number of anilines is 1. The van der Waals surface area contributed by atoms with Gasteiger partial charge in [0.25, 0.3) is 0 Å². The predicted molar refractivity (Wildman–Crippen MR) is 64.0 cm³/mol. The van der Waals surface area contributed by atoms with Crippen LogP contribution in [-0.4, -0.2) is 13.1 Å². The molecule has 2 heteroatoms. The van der Waals surface area contributed by atoms with Crippen molar-refractivity contribution in [3.63, 3.8) is 0 Å². The van der Waals surface area contributed by atoms with Gasteiger partial charge in [-0.2, -0.15) is 5.26 Å². The van der Waals surface area contributed by atoms with Crippen LogP contribution >= 0.6 is 0 Å². The quantitative estimate of drug-likeness (QED) is 0.750. The molecule has 0 radical (unpaired) electrons. The van der Waals surface area contributed by atoms with Crippen LogP contribution in [0, 0.1) is 25.2 Å². The molecule has 0 fully saturated rings. The summed E-state index contributed by atoms with van der Waals surface area (Å²) in [5, 5.41) is 8.58. The molecule has 0 N–H and O–H groups in total. The Morgan fingerprint density at radius 1 is 1.27 bits per heavy atom. The molecular weight excluding hydrogens is 184 g/mol. The Hall–Kier alpha value is -1.49. The first-order valence-corrected chi connectivity index (χ1v) is 5.38. The molecule has 0 amide bonds. The van der Waals surface area contributed by atoms with Gasteiger partial charge in [-0.05, 0) is 44.0 Å². The van der Waals surface area contributed by atoms with E-state index in [9.17, 15) is 0 Å². The number of hydrogen-bond donors (Lipinski definition) is 0. The topological polar surface area (TPSA) is 27.0 Å². The van der Waals surface area contributed by atoms with Crippen molar-refractivity contribution >= 4 is 5.69 Å². The van der Waals surface area contributed by atoms with Crippen LogP contribution in [-0.2, 0) is 0 Å². The number of aryl methyl sites for hydroxylation is 2. The Morgan fingerprint density at radius 3 is 2.53 bits per heavy atom. The summed E-state index contributed by atoms with van der Waals surface area (Å²) in [5.41, 5.74) is 3.84. The summed E-state index contributed by atoms with van der Waals surface area (Å²) in [6.45, 7) is 8.12. The van der Waals surface area contributed by atoms with Crippen LogP contribution in [0.25, 0.3) is 0 Å². The minimum absolute atomic E-state index is 0.584. The highest BCUT2D eigenvalue weighted by molar-refractivity contribution is 5.50. The minimum Gasteiger partial charge on any atom is -0.371 e. The molecule has 80 valence electrons. The molecule has 0 bridgehead atoms. The largest absolute Gasteiger partial charge is 0.371 e. The highest BCUT2D eigenvalue weighted by Gasteiger charge is 2.04. The third kappa shape index (κ3) is 2.99. The molecule has 0 aliphatic rings. The fourth-order valence-corrected chi connectivity index (χ4v) is 1.58. The number of rotatable bonds is 4. The molecule has 0 aliphatic carbocycles. The van der Waals surface area contributed by atoms with E-state index in [4.69, 9.17) is 5.26 Å². The molecular formula is C13H18N2. The number of nitrogens with zero attached hydrogens (tertiary/aromatic N) is 2. The first-order chi connectivity index (χ1) is 7.19. The van der Waals surface area contributed by atoms with Gasteiger partial charge in [-0.1, -0.05) is 6.07 Å². The average Bonchev–Trinajstić information content (AvgIpc) is 2.24. The first-order valence-electron chi connectivity index (χ1n) is 5.38. The van der Waals surface area contributed by atoms with Crippen LogP contribution in [0.2, 0.25) is 0 Å². The second kappa shape index (κ2) is 5.41. The number of hydrogen-bond acceptors (Lipinski definition) is 2. The molecule has 0 atom stereocenters. The van der Waals surface area contributed by atoms with E-state index in [-0.39, 0.29) is 0 Å². The van der Waals surface area contributed by atoms with Gasteiger partial charge in [0.05, 0.1) is 12.5 Å². The van der Waals surface area contributed by atoms with Crippen molar-refractivity contribution in [1.29, 1.82) is 5.26 Å². The molecule has 0 aromatic heterocycles. The lowest BCUT2D eigenvalue weighted by molar-refractivity contribution is 0.826. The lowest BCUT2D eigenvalue weighted by atomic mass is 10.1. The van der Waals surface area contributed by atoms with Gasteiger partial charge in [0.15, 0.2) is 0 Å². The van der Waals surface area contributed by atoms with E-state index in [0.717, 1.165) is 13.1 Å². The van der Waals surface area contributed by atoms with Crippen LogP contribution in [0.5, 0.6) is 0 Å². The van der Waals surface area contributed by atoms with Crippen LogP contribution in [0.15, 0.2) is 18.2 Å². The summed E-state index contributed by atoms with van der Waals surface area (Å²) in [6, 6.07) is 8.64.